The third-order valence-electron chi connectivity index (χ3n) is 4.01. The van der Waals surface area contributed by atoms with Gasteiger partial charge in [0.1, 0.15) is 0 Å². The van der Waals surface area contributed by atoms with Crippen LogP contribution in [0.3, 0.4) is 0 Å². The van der Waals surface area contributed by atoms with Gasteiger partial charge < -0.3 is 10.2 Å². The number of carboxylic acid groups (broad SMARTS) is 2. The Morgan fingerprint density at radius 3 is 1.88 bits per heavy atom. The first-order valence-corrected chi connectivity index (χ1v) is 5.83. The average Bonchev–Trinajstić information content (AvgIpc) is 2.21. The van der Waals surface area contributed by atoms with Gasteiger partial charge >= 0.3 is 11.9 Å². The maximum atomic E-state index is 11.3. The summed E-state index contributed by atoms with van der Waals surface area (Å²) >= 11 is 0. The average molecular weight is 228 g/mol. The molecule has 0 saturated heterocycles. The highest BCUT2D eigenvalue weighted by Crippen LogP contribution is 2.48. The lowest BCUT2D eigenvalue weighted by Gasteiger charge is -2.40. The lowest BCUT2D eigenvalue weighted by molar-refractivity contribution is -0.160. The van der Waals surface area contributed by atoms with E-state index in [0.29, 0.717) is 32.1 Å². The predicted octanol–water partition coefficient (Wildman–Crippen LogP) is 2.52. The number of aliphatic carboxylic acids is 2. The Labute approximate surface area is 95.7 Å². The maximum absolute atomic E-state index is 11.3. The molecule has 0 radical (unpaired) electrons. The molecule has 2 N–H and O–H groups in total. The van der Waals surface area contributed by atoms with Gasteiger partial charge in [0, 0.05) is 0 Å². The van der Waals surface area contributed by atoms with Crippen molar-refractivity contribution in [3.63, 3.8) is 0 Å². The molecule has 1 aliphatic rings. The van der Waals surface area contributed by atoms with Crippen LogP contribution in [0.25, 0.3) is 0 Å². The van der Waals surface area contributed by atoms with E-state index in [2.05, 4.69) is 0 Å². The second-order valence-electron chi connectivity index (χ2n) is 5.20. The number of carbonyl (C=O) groups is 2. The van der Waals surface area contributed by atoms with Crippen molar-refractivity contribution in [1.82, 2.24) is 0 Å². The Hall–Kier alpha value is -1.06. The Bertz CT molecular complexity index is 287. The van der Waals surface area contributed by atoms with Crippen LogP contribution in [-0.4, -0.2) is 22.2 Å². The van der Waals surface area contributed by atoms with Crippen LogP contribution in [0.2, 0.25) is 0 Å². The van der Waals surface area contributed by atoms with Crippen LogP contribution in [0.1, 0.15) is 52.4 Å². The van der Waals surface area contributed by atoms with E-state index in [1.165, 1.54) is 0 Å². The minimum atomic E-state index is -0.803. The summed E-state index contributed by atoms with van der Waals surface area (Å²) in [5, 5.41) is 18.4. The number of rotatable bonds is 4. The zero-order valence-electron chi connectivity index (χ0n) is 9.95. The van der Waals surface area contributed by atoms with E-state index in [9.17, 15) is 14.7 Å². The summed E-state index contributed by atoms with van der Waals surface area (Å²) in [7, 11) is 0. The van der Waals surface area contributed by atoms with Crippen molar-refractivity contribution in [2.75, 3.05) is 0 Å². The minimum Gasteiger partial charge on any atom is -0.481 e. The van der Waals surface area contributed by atoms with E-state index in [0.717, 1.165) is 6.42 Å². The third-order valence-corrected chi connectivity index (χ3v) is 4.01. The van der Waals surface area contributed by atoms with E-state index >= 15 is 0 Å². The van der Waals surface area contributed by atoms with Gasteiger partial charge in [0.15, 0.2) is 0 Å². The molecule has 0 aliphatic heterocycles. The molecule has 4 heteroatoms. The second kappa shape index (κ2) is 4.44. The molecule has 1 aliphatic carbocycles. The largest absolute Gasteiger partial charge is 0.481 e. The number of hydrogen-bond donors (Lipinski definition) is 2. The normalized spacial score (nSPS) is 34.6. The van der Waals surface area contributed by atoms with Gasteiger partial charge in [-0.2, -0.15) is 0 Å². The molecular formula is C12H20O4. The molecule has 0 bridgehead atoms. The van der Waals surface area contributed by atoms with Crippen molar-refractivity contribution in [1.29, 1.82) is 0 Å². The van der Waals surface area contributed by atoms with Crippen LogP contribution in [0.4, 0.5) is 0 Å². The molecule has 4 nitrogen and oxygen atoms in total. The molecule has 0 unspecified atom stereocenters. The van der Waals surface area contributed by atoms with Gasteiger partial charge in [0.2, 0.25) is 0 Å². The van der Waals surface area contributed by atoms with Gasteiger partial charge in [-0.25, -0.2) is 0 Å². The molecule has 0 heterocycles. The van der Waals surface area contributed by atoms with Crippen LogP contribution in [0.5, 0.6) is 0 Å². The van der Waals surface area contributed by atoms with E-state index in [1.807, 2.05) is 6.92 Å². The SMILES string of the molecule is CCCC1(C(=O)O)CCC(C)(C(=O)O)CC1. The molecule has 1 saturated carbocycles. The topological polar surface area (TPSA) is 74.6 Å². The minimum absolute atomic E-state index is 0.467. The van der Waals surface area contributed by atoms with Gasteiger partial charge in [0.05, 0.1) is 10.8 Å². The van der Waals surface area contributed by atoms with E-state index < -0.39 is 22.8 Å². The highest BCUT2D eigenvalue weighted by atomic mass is 16.4. The summed E-state index contributed by atoms with van der Waals surface area (Å²) in [6.45, 7) is 3.68. The maximum Gasteiger partial charge on any atom is 0.309 e. The molecule has 1 rings (SSSR count). The monoisotopic (exact) mass is 228 g/mol. The molecular weight excluding hydrogens is 208 g/mol. The van der Waals surface area contributed by atoms with Gasteiger partial charge in [-0.05, 0) is 39.0 Å². The zero-order valence-corrected chi connectivity index (χ0v) is 9.95. The Kier molecular flexibility index (Phi) is 3.61. The third kappa shape index (κ3) is 2.20. The molecule has 92 valence electrons. The van der Waals surface area contributed by atoms with Crippen LogP contribution in [0, 0.1) is 10.8 Å². The molecule has 1 fully saturated rings. The molecule has 0 spiro atoms. The Morgan fingerprint density at radius 1 is 1.06 bits per heavy atom. The fourth-order valence-corrected chi connectivity index (χ4v) is 2.54. The van der Waals surface area contributed by atoms with E-state index in [1.54, 1.807) is 6.92 Å². The first kappa shape index (κ1) is 13.0. The van der Waals surface area contributed by atoms with Gasteiger partial charge in [-0.15, -0.1) is 0 Å². The standard InChI is InChI=1S/C12H20O4/c1-3-4-12(10(15)16)7-5-11(2,6-8-12)9(13)14/h3-8H2,1-2H3,(H,13,14)(H,15,16). The molecule has 0 amide bonds. The highest BCUT2D eigenvalue weighted by Gasteiger charge is 2.47. The molecule has 0 aromatic carbocycles. The lowest BCUT2D eigenvalue weighted by Crippen LogP contribution is -2.41. The van der Waals surface area contributed by atoms with Crippen molar-refractivity contribution < 1.29 is 19.8 Å². The van der Waals surface area contributed by atoms with Crippen molar-refractivity contribution >= 4 is 11.9 Å². The molecule has 0 atom stereocenters. The van der Waals surface area contributed by atoms with Crippen molar-refractivity contribution in [3.05, 3.63) is 0 Å². The number of carboxylic acids is 2. The van der Waals surface area contributed by atoms with Gasteiger partial charge in [-0.1, -0.05) is 13.3 Å². The zero-order chi connectivity index (χ0) is 12.4. The smallest absolute Gasteiger partial charge is 0.309 e. The summed E-state index contributed by atoms with van der Waals surface area (Å²) in [5.41, 5.74) is -1.41. The second-order valence-corrected chi connectivity index (χ2v) is 5.20. The Morgan fingerprint density at radius 2 is 1.56 bits per heavy atom. The van der Waals surface area contributed by atoms with E-state index in [4.69, 9.17) is 5.11 Å². The van der Waals surface area contributed by atoms with Crippen LogP contribution in [-0.2, 0) is 9.59 Å². The van der Waals surface area contributed by atoms with Crippen molar-refractivity contribution in [3.8, 4) is 0 Å². The number of hydrogen-bond acceptors (Lipinski definition) is 2. The van der Waals surface area contributed by atoms with Gasteiger partial charge in [0.25, 0.3) is 0 Å². The van der Waals surface area contributed by atoms with E-state index in [-0.39, 0.29) is 0 Å². The fourth-order valence-electron chi connectivity index (χ4n) is 2.54. The first-order chi connectivity index (χ1) is 7.36. The van der Waals surface area contributed by atoms with Crippen LogP contribution >= 0.6 is 0 Å². The summed E-state index contributed by atoms with van der Waals surface area (Å²) in [6, 6.07) is 0. The van der Waals surface area contributed by atoms with Crippen LogP contribution in [0.15, 0.2) is 0 Å². The lowest BCUT2D eigenvalue weighted by atomic mass is 9.63. The first-order valence-electron chi connectivity index (χ1n) is 5.83. The van der Waals surface area contributed by atoms with Crippen molar-refractivity contribution in [2.45, 2.75) is 52.4 Å². The Balaban J connectivity index is 2.77. The molecule has 0 aromatic heterocycles. The quantitative estimate of drug-likeness (QED) is 0.775. The van der Waals surface area contributed by atoms with Crippen LogP contribution < -0.4 is 0 Å². The van der Waals surface area contributed by atoms with Gasteiger partial charge in [-0.3, -0.25) is 9.59 Å². The summed E-state index contributed by atoms with van der Waals surface area (Å²) < 4.78 is 0. The summed E-state index contributed by atoms with van der Waals surface area (Å²) in [5.74, 6) is -1.57. The molecule has 16 heavy (non-hydrogen) atoms. The summed E-state index contributed by atoms with van der Waals surface area (Å²) in [6.07, 6.45) is 3.38. The van der Waals surface area contributed by atoms with Crippen molar-refractivity contribution in [2.24, 2.45) is 10.8 Å². The predicted molar refractivity (Wildman–Crippen MR) is 59.2 cm³/mol. The summed E-state index contributed by atoms with van der Waals surface area (Å²) in [4.78, 5) is 22.4. The molecule has 0 aromatic rings. The highest BCUT2D eigenvalue weighted by molar-refractivity contribution is 5.77. The fraction of sp³-hybridized carbons (Fsp3) is 0.833.